The van der Waals surface area contributed by atoms with E-state index in [-0.39, 0.29) is 21.8 Å². The molecule has 8 heteroatoms. The Labute approximate surface area is 187 Å². The van der Waals surface area contributed by atoms with Crippen molar-refractivity contribution in [1.82, 2.24) is 19.9 Å². The lowest BCUT2D eigenvalue weighted by Gasteiger charge is -2.07. The molecule has 0 fully saturated rings. The Bertz CT molecular complexity index is 1460. The van der Waals surface area contributed by atoms with Crippen LogP contribution in [0.2, 0.25) is 0 Å². The monoisotopic (exact) mass is 452 g/mol. The molecular formula is C23H24N4O2S2. The molecular weight excluding hydrogens is 428 g/mol. The van der Waals surface area contributed by atoms with E-state index in [0.717, 1.165) is 39.3 Å². The van der Waals surface area contributed by atoms with Crippen LogP contribution < -0.4 is 21.8 Å². The highest BCUT2D eigenvalue weighted by molar-refractivity contribution is 8.01. The van der Waals surface area contributed by atoms with Crippen LogP contribution in [0.1, 0.15) is 16.1 Å². The molecule has 3 heterocycles. The van der Waals surface area contributed by atoms with Gasteiger partial charge >= 0.3 is 0 Å². The van der Waals surface area contributed by atoms with Gasteiger partial charge < -0.3 is 19.9 Å². The van der Waals surface area contributed by atoms with E-state index < -0.39 is 0 Å². The second-order valence-electron chi connectivity index (χ2n) is 7.54. The largest absolute Gasteiger partial charge is 0.358 e. The van der Waals surface area contributed by atoms with E-state index in [1.165, 1.54) is 4.21 Å². The summed E-state index contributed by atoms with van der Waals surface area (Å²) in [5, 5.41) is 1.50. The van der Waals surface area contributed by atoms with Gasteiger partial charge in [-0.25, -0.2) is 0 Å². The van der Waals surface area contributed by atoms with E-state index in [4.69, 9.17) is 0 Å². The molecule has 4 rings (SSSR count). The van der Waals surface area contributed by atoms with Crippen LogP contribution in [0.3, 0.4) is 0 Å². The summed E-state index contributed by atoms with van der Waals surface area (Å²) in [6.45, 7) is 2.95. The van der Waals surface area contributed by atoms with Crippen LogP contribution in [0, 0.1) is 6.92 Å². The van der Waals surface area contributed by atoms with Gasteiger partial charge in [-0.05, 0) is 51.4 Å². The number of para-hydroxylation sites is 1. The first-order chi connectivity index (χ1) is 14.9. The summed E-state index contributed by atoms with van der Waals surface area (Å²) in [5.74, 6) is 1.00. The van der Waals surface area contributed by atoms with Gasteiger partial charge in [0.25, 0.3) is 11.1 Å². The molecule has 0 saturated carbocycles. The first-order valence-corrected chi connectivity index (χ1v) is 11.7. The van der Waals surface area contributed by atoms with Crippen molar-refractivity contribution in [3.8, 4) is 0 Å². The summed E-state index contributed by atoms with van der Waals surface area (Å²) < 4.78 is 1.19. The number of nitrogens with one attached hydrogen (secondary N) is 3. The number of fused-ring (bicyclic) bond motifs is 1. The van der Waals surface area contributed by atoms with Crippen molar-refractivity contribution < 1.29 is 0 Å². The second kappa shape index (κ2) is 9.13. The van der Waals surface area contributed by atoms with Crippen molar-refractivity contribution in [2.45, 2.75) is 11.1 Å². The van der Waals surface area contributed by atoms with Crippen LogP contribution in [0.4, 0.5) is 0 Å². The molecule has 3 aromatic heterocycles. The second-order valence-corrected chi connectivity index (χ2v) is 10.1. The van der Waals surface area contributed by atoms with Crippen molar-refractivity contribution >= 4 is 46.2 Å². The van der Waals surface area contributed by atoms with Gasteiger partial charge in [0.2, 0.25) is 0 Å². The van der Waals surface area contributed by atoms with E-state index in [9.17, 15) is 9.59 Å². The summed E-state index contributed by atoms with van der Waals surface area (Å²) in [6.07, 6.45) is 3.45. The maximum Gasteiger partial charge on any atom is 0.272 e. The minimum atomic E-state index is -0.326. The third-order valence-electron chi connectivity index (χ3n) is 4.89. The molecule has 0 aliphatic rings. The fourth-order valence-corrected chi connectivity index (χ4v) is 5.56. The number of hydrogen-bond acceptors (Lipinski definition) is 5. The van der Waals surface area contributed by atoms with Crippen molar-refractivity contribution in [3.63, 3.8) is 0 Å². The van der Waals surface area contributed by atoms with Crippen molar-refractivity contribution in [2.75, 3.05) is 26.4 Å². The first-order valence-electron chi connectivity index (χ1n) is 9.91. The Kier molecular flexibility index (Phi) is 6.31. The van der Waals surface area contributed by atoms with E-state index in [0.29, 0.717) is 0 Å². The quantitative estimate of drug-likeness (QED) is 0.392. The van der Waals surface area contributed by atoms with Gasteiger partial charge in [0.15, 0.2) is 0 Å². The Morgan fingerprint density at radius 3 is 2.42 bits per heavy atom. The Morgan fingerprint density at radius 2 is 1.68 bits per heavy atom. The van der Waals surface area contributed by atoms with E-state index in [1.54, 1.807) is 35.3 Å². The van der Waals surface area contributed by atoms with Gasteiger partial charge in [-0.1, -0.05) is 18.2 Å². The number of aromatic amines is 3. The molecule has 0 spiro atoms. The molecule has 0 atom stereocenters. The number of hydrogen-bond donors (Lipinski definition) is 3. The van der Waals surface area contributed by atoms with Gasteiger partial charge in [-0.3, -0.25) is 9.59 Å². The van der Waals surface area contributed by atoms with Gasteiger partial charge in [0.1, 0.15) is 10.7 Å². The Morgan fingerprint density at radius 1 is 0.968 bits per heavy atom. The maximum absolute atomic E-state index is 12.7. The van der Waals surface area contributed by atoms with Crippen LogP contribution in [0.5, 0.6) is 0 Å². The van der Waals surface area contributed by atoms with Crippen molar-refractivity contribution in [1.29, 1.82) is 0 Å². The smallest absolute Gasteiger partial charge is 0.272 e. The number of aryl methyl sites for hydroxylation is 1. The highest BCUT2D eigenvalue weighted by Gasteiger charge is 2.06. The third kappa shape index (κ3) is 4.92. The predicted molar refractivity (Wildman–Crippen MR) is 131 cm³/mol. The minimum absolute atomic E-state index is 0.237. The molecule has 3 N–H and O–H groups in total. The SMILES string of the molecule is Cc1[nH]c2ccccc2c1/C=c1\[nH]c(=O)/c(=C/c2ccc(SCCN(C)C)s2)[nH]c1=O. The lowest BCUT2D eigenvalue weighted by Crippen LogP contribution is -2.46. The summed E-state index contributed by atoms with van der Waals surface area (Å²) in [5.41, 5.74) is 2.18. The van der Waals surface area contributed by atoms with Gasteiger partial charge in [-0.15, -0.1) is 23.1 Å². The minimum Gasteiger partial charge on any atom is -0.358 e. The molecule has 0 aliphatic carbocycles. The lowest BCUT2D eigenvalue weighted by molar-refractivity contribution is 0.437. The topological polar surface area (TPSA) is 84.8 Å². The van der Waals surface area contributed by atoms with Gasteiger partial charge in [0, 0.05) is 39.3 Å². The maximum atomic E-state index is 12.7. The predicted octanol–water partition coefficient (Wildman–Crippen LogP) is 2.23. The third-order valence-corrected chi connectivity index (χ3v) is 7.13. The van der Waals surface area contributed by atoms with Crippen molar-refractivity contribution in [3.05, 3.63) is 83.9 Å². The average molecular weight is 453 g/mol. The molecule has 0 unspecified atom stereocenters. The fourth-order valence-electron chi connectivity index (χ4n) is 3.29. The van der Waals surface area contributed by atoms with E-state index in [1.807, 2.05) is 43.3 Å². The molecule has 4 aromatic rings. The number of benzene rings is 1. The van der Waals surface area contributed by atoms with Crippen molar-refractivity contribution in [2.24, 2.45) is 0 Å². The molecule has 0 bridgehead atoms. The van der Waals surface area contributed by atoms with E-state index in [2.05, 4.69) is 33.9 Å². The number of nitrogens with zero attached hydrogens (tertiary/aromatic N) is 1. The molecule has 0 radical (unpaired) electrons. The summed E-state index contributed by atoms with van der Waals surface area (Å²) in [6, 6.07) is 11.9. The summed E-state index contributed by atoms with van der Waals surface area (Å²) >= 11 is 3.39. The standard InChI is InChI=1S/C23H24N4O2S2/c1-14-17(16-6-4-5-7-18(16)24-14)13-20-23(29)25-19(22(28)26-20)12-15-8-9-21(31-15)30-11-10-27(2)3/h4-9,12-13,24H,10-11H2,1-3H3,(H,25,29)(H,26,28)/b19-12-,20-13-. The molecule has 0 saturated heterocycles. The normalized spacial score (nSPS) is 13.0. The van der Waals surface area contributed by atoms with Crippen LogP contribution in [0.15, 0.2) is 50.2 Å². The number of thiophene rings is 1. The fraction of sp³-hybridized carbons (Fsp3) is 0.217. The number of H-pyrrole nitrogens is 3. The molecule has 0 amide bonds. The molecule has 160 valence electrons. The van der Waals surface area contributed by atoms with E-state index >= 15 is 0 Å². The van der Waals surface area contributed by atoms with Crippen LogP contribution in [0.25, 0.3) is 23.1 Å². The van der Waals surface area contributed by atoms with Gasteiger partial charge in [-0.2, -0.15) is 0 Å². The van der Waals surface area contributed by atoms with Crippen LogP contribution in [-0.4, -0.2) is 46.2 Å². The molecule has 31 heavy (non-hydrogen) atoms. The number of aromatic nitrogens is 3. The summed E-state index contributed by atoms with van der Waals surface area (Å²) in [4.78, 5) is 37.2. The Hall–Kier alpha value is -2.81. The zero-order valence-corrected chi connectivity index (χ0v) is 19.2. The zero-order chi connectivity index (χ0) is 22.0. The average Bonchev–Trinajstić information content (AvgIpc) is 3.29. The van der Waals surface area contributed by atoms with Crippen LogP contribution in [-0.2, 0) is 0 Å². The highest BCUT2D eigenvalue weighted by atomic mass is 32.2. The Balaban J connectivity index is 1.67. The lowest BCUT2D eigenvalue weighted by atomic mass is 10.1. The number of thioether (sulfide) groups is 1. The highest BCUT2D eigenvalue weighted by Crippen LogP contribution is 2.27. The number of rotatable bonds is 6. The van der Waals surface area contributed by atoms with Gasteiger partial charge in [0.05, 0.1) is 4.21 Å². The molecule has 0 aliphatic heterocycles. The summed E-state index contributed by atoms with van der Waals surface area (Å²) in [7, 11) is 4.11. The first kappa shape index (κ1) is 21.4. The molecule has 6 nitrogen and oxygen atoms in total. The zero-order valence-electron chi connectivity index (χ0n) is 17.6. The van der Waals surface area contributed by atoms with Crippen LogP contribution >= 0.6 is 23.1 Å². The molecule has 1 aromatic carbocycles.